The molecule has 1 aliphatic rings. The largest absolute Gasteiger partial charge is 0.304 e. The monoisotopic (exact) mass is 114 g/mol. The summed E-state index contributed by atoms with van der Waals surface area (Å²) in [6.07, 6.45) is 2.69. The molecule has 1 saturated heterocycles. The molecule has 0 bridgehead atoms. The zero-order chi connectivity index (χ0) is 5.82. The second kappa shape index (κ2) is 3.05. The Kier molecular flexibility index (Phi) is 2.30. The summed E-state index contributed by atoms with van der Waals surface area (Å²) in [5.41, 5.74) is 0. The average Bonchev–Trinajstić information content (AvgIpc) is 1.94. The Morgan fingerprint density at radius 3 is 3.12 bits per heavy atom. The van der Waals surface area contributed by atoms with Crippen LogP contribution in [-0.2, 0) is 0 Å². The van der Waals surface area contributed by atoms with E-state index in [1.165, 1.54) is 25.9 Å². The van der Waals surface area contributed by atoms with E-state index in [9.17, 15) is 0 Å². The number of hydrogen-bond donors (Lipinski definition) is 1. The zero-order valence-electron chi connectivity index (χ0n) is 5.48. The van der Waals surface area contributed by atoms with E-state index in [4.69, 9.17) is 0 Å². The molecule has 1 rings (SSSR count). The van der Waals surface area contributed by atoms with Gasteiger partial charge in [-0.2, -0.15) is 0 Å². The summed E-state index contributed by atoms with van der Waals surface area (Å²) in [6.45, 7) is 3.53. The van der Waals surface area contributed by atoms with Crippen LogP contribution in [0.2, 0.25) is 0 Å². The molecule has 1 N–H and O–H groups in total. The van der Waals surface area contributed by atoms with Crippen LogP contribution in [0.1, 0.15) is 12.8 Å². The molecule has 0 aromatic rings. The van der Waals surface area contributed by atoms with Crippen LogP contribution in [0.4, 0.5) is 0 Å². The molecule has 0 amide bonds. The molecule has 0 saturated carbocycles. The van der Waals surface area contributed by atoms with Crippen LogP contribution in [0.25, 0.3) is 0 Å². The molecule has 0 aromatic carbocycles. The van der Waals surface area contributed by atoms with Crippen molar-refractivity contribution in [3.63, 3.8) is 0 Å². The minimum absolute atomic E-state index is 1.07. The summed E-state index contributed by atoms with van der Waals surface area (Å²) in [5, 5.41) is 3.32. The molecule has 1 heterocycles. The van der Waals surface area contributed by atoms with Gasteiger partial charge in [0.05, 0.1) is 0 Å². The fourth-order valence-corrected chi connectivity index (χ4v) is 0.981. The van der Waals surface area contributed by atoms with Gasteiger partial charge in [-0.15, -0.1) is 0 Å². The van der Waals surface area contributed by atoms with Crippen molar-refractivity contribution in [3.8, 4) is 0 Å². The predicted octanol–water partition coefficient (Wildman–Crippen LogP) is 0.259. The molecule has 0 radical (unpaired) electrons. The van der Waals surface area contributed by atoms with Gasteiger partial charge >= 0.3 is 0 Å². The lowest BCUT2D eigenvalue weighted by atomic mass is 10.3. The maximum absolute atomic E-state index is 3.32. The number of hydrogen-bond acceptors (Lipinski definition) is 2. The zero-order valence-corrected chi connectivity index (χ0v) is 5.48. The summed E-state index contributed by atoms with van der Waals surface area (Å²) in [5.74, 6) is 0. The molecule has 0 aromatic heterocycles. The second-order valence-electron chi connectivity index (χ2n) is 2.44. The first-order chi connectivity index (χ1) is 3.89. The standard InChI is InChI=1S/C6H14N2/c1-8-5-3-2-4-7-6-8/h7H,2-6H2,1H3. The molecule has 2 nitrogen and oxygen atoms in total. The molecular formula is C6H14N2. The van der Waals surface area contributed by atoms with E-state index in [0.717, 1.165) is 6.67 Å². The van der Waals surface area contributed by atoms with Crippen LogP contribution in [0.3, 0.4) is 0 Å². The topological polar surface area (TPSA) is 15.3 Å². The highest BCUT2D eigenvalue weighted by atomic mass is 15.2. The number of rotatable bonds is 0. The minimum atomic E-state index is 1.07. The van der Waals surface area contributed by atoms with Crippen LogP contribution in [0.5, 0.6) is 0 Å². The van der Waals surface area contributed by atoms with Gasteiger partial charge in [-0.05, 0) is 33.0 Å². The highest BCUT2D eigenvalue weighted by molar-refractivity contribution is 4.56. The third-order valence-corrected chi connectivity index (χ3v) is 1.53. The lowest BCUT2D eigenvalue weighted by molar-refractivity contribution is 0.332. The summed E-state index contributed by atoms with van der Waals surface area (Å²) in [7, 11) is 2.15. The normalized spacial score (nSPS) is 25.1. The van der Waals surface area contributed by atoms with Crippen LogP contribution >= 0.6 is 0 Å². The van der Waals surface area contributed by atoms with E-state index in [2.05, 4.69) is 17.3 Å². The molecule has 1 aliphatic heterocycles. The van der Waals surface area contributed by atoms with Crippen molar-refractivity contribution in [1.82, 2.24) is 10.2 Å². The van der Waals surface area contributed by atoms with E-state index in [-0.39, 0.29) is 0 Å². The lowest BCUT2D eigenvalue weighted by Crippen LogP contribution is -2.28. The Hall–Kier alpha value is -0.0800. The average molecular weight is 114 g/mol. The Balaban J connectivity index is 2.17. The van der Waals surface area contributed by atoms with Gasteiger partial charge in [0.1, 0.15) is 0 Å². The summed E-state index contributed by atoms with van der Waals surface area (Å²) in [6, 6.07) is 0. The Morgan fingerprint density at radius 2 is 2.25 bits per heavy atom. The molecule has 2 heteroatoms. The highest BCUT2D eigenvalue weighted by Crippen LogP contribution is 1.93. The van der Waals surface area contributed by atoms with Crippen LogP contribution < -0.4 is 5.32 Å². The van der Waals surface area contributed by atoms with Gasteiger partial charge in [-0.3, -0.25) is 4.90 Å². The summed E-state index contributed by atoms with van der Waals surface area (Å²) < 4.78 is 0. The van der Waals surface area contributed by atoms with Crippen molar-refractivity contribution in [2.24, 2.45) is 0 Å². The molecular weight excluding hydrogens is 100 g/mol. The minimum Gasteiger partial charge on any atom is -0.304 e. The first kappa shape index (κ1) is 6.05. The second-order valence-corrected chi connectivity index (χ2v) is 2.44. The van der Waals surface area contributed by atoms with Gasteiger partial charge in [0.25, 0.3) is 0 Å². The Bertz CT molecular complexity index is 55.5. The van der Waals surface area contributed by atoms with Crippen LogP contribution in [0, 0.1) is 0 Å². The van der Waals surface area contributed by atoms with Gasteiger partial charge in [0.2, 0.25) is 0 Å². The molecule has 8 heavy (non-hydrogen) atoms. The van der Waals surface area contributed by atoms with Crippen molar-refractivity contribution in [3.05, 3.63) is 0 Å². The van der Waals surface area contributed by atoms with Crippen molar-refractivity contribution in [2.45, 2.75) is 12.8 Å². The first-order valence-corrected chi connectivity index (χ1v) is 3.29. The maximum Gasteiger partial charge on any atom is 0.0477 e. The third kappa shape index (κ3) is 1.80. The van der Waals surface area contributed by atoms with E-state index in [0.29, 0.717) is 0 Å². The highest BCUT2D eigenvalue weighted by Gasteiger charge is 2.00. The lowest BCUT2D eigenvalue weighted by Gasteiger charge is -2.10. The van der Waals surface area contributed by atoms with Gasteiger partial charge < -0.3 is 5.32 Å². The van der Waals surface area contributed by atoms with Crippen molar-refractivity contribution in [1.29, 1.82) is 0 Å². The summed E-state index contributed by atoms with van der Waals surface area (Å²) >= 11 is 0. The number of nitrogens with one attached hydrogen (secondary N) is 1. The third-order valence-electron chi connectivity index (χ3n) is 1.53. The quantitative estimate of drug-likeness (QED) is 0.486. The van der Waals surface area contributed by atoms with Gasteiger partial charge in [-0.1, -0.05) is 0 Å². The van der Waals surface area contributed by atoms with E-state index >= 15 is 0 Å². The fourth-order valence-electron chi connectivity index (χ4n) is 0.981. The Labute approximate surface area is 50.9 Å². The van der Waals surface area contributed by atoms with Crippen molar-refractivity contribution < 1.29 is 0 Å². The van der Waals surface area contributed by atoms with Crippen LogP contribution in [0.15, 0.2) is 0 Å². The summed E-state index contributed by atoms with van der Waals surface area (Å²) in [4.78, 5) is 2.31. The van der Waals surface area contributed by atoms with Gasteiger partial charge in [0, 0.05) is 6.67 Å². The first-order valence-electron chi connectivity index (χ1n) is 3.29. The maximum atomic E-state index is 3.32. The van der Waals surface area contributed by atoms with E-state index in [1.807, 2.05) is 0 Å². The smallest absolute Gasteiger partial charge is 0.0477 e. The SMILES string of the molecule is CN1CCCCNC1. The Morgan fingerprint density at radius 1 is 1.38 bits per heavy atom. The fraction of sp³-hybridized carbons (Fsp3) is 1.00. The van der Waals surface area contributed by atoms with Crippen molar-refractivity contribution >= 4 is 0 Å². The number of nitrogens with zero attached hydrogens (tertiary/aromatic N) is 1. The van der Waals surface area contributed by atoms with E-state index in [1.54, 1.807) is 0 Å². The van der Waals surface area contributed by atoms with E-state index < -0.39 is 0 Å². The van der Waals surface area contributed by atoms with Gasteiger partial charge in [-0.25, -0.2) is 0 Å². The molecule has 1 fully saturated rings. The predicted molar refractivity (Wildman–Crippen MR) is 34.7 cm³/mol. The molecule has 0 spiro atoms. The molecule has 0 aliphatic carbocycles. The van der Waals surface area contributed by atoms with Crippen LogP contribution in [-0.4, -0.2) is 31.7 Å². The van der Waals surface area contributed by atoms with Crippen molar-refractivity contribution in [2.75, 3.05) is 26.8 Å². The molecule has 48 valence electrons. The van der Waals surface area contributed by atoms with Gasteiger partial charge in [0.15, 0.2) is 0 Å². The molecule has 0 unspecified atom stereocenters. The molecule has 0 atom stereocenters.